The van der Waals surface area contributed by atoms with Gasteiger partial charge in [0.25, 0.3) is 0 Å². The van der Waals surface area contributed by atoms with Crippen LogP contribution in [0.4, 0.5) is 0 Å². The third-order valence-electron chi connectivity index (χ3n) is 25.3. The smallest absolute Gasteiger partial charge is 0.133 e. The normalized spacial score (nSPS) is 52.9. The fraction of sp³-hybridized carbons (Fsp3) is 0.828. The lowest BCUT2D eigenvalue weighted by Crippen LogP contribution is -2.56. The minimum Gasteiger partial charge on any atom is -0.393 e. The molecule has 8 fully saturated rings. The zero-order chi connectivity index (χ0) is 51.0. The number of fused-ring (bicyclic) bond motifs is 15. The van der Waals surface area contributed by atoms with Gasteiger partial charge >= 0.3 is 0 Å². The highest BCUT2D eigenvalue weighted by Crippen LogP contribution is 2.69. The van der Waals surface area contributed by atoms with Gasteiger partial charge in [0.1, 0.15) is 17.3 Å². The van der Waals surface area contributed by atoms with Crippen molar-refractivity contribution in [3.63, 3.8) is 0 Å². The van der Waals surface area contributed by atoms with Crippen molar-refractivity contribution in [3.8, 4) is 0 Å². The molecule has 0 aromatic carbocycles. The van der Waals surface area contributed by atoms with Gasteiger partial charge in [0.15, 0.2) is 0 Å². The molecule has 0 aliphatic heterocycles. The third kappa shape index (κ3) is 8.07. The molecule has 394 valence electrons. The van der Waals surface area contributed by atoms with Gasteiger partial charge in [-0.3, -0.25) is 14.4 Å². The Hall–Kier alpha value is -2.19. The van der Waals surface area contributed by atoms with Crippen LogP contribution in [-0.4, -0.2) is 62.2 Å². The van der Waals surface area contributed by atoms with Gasteiger partial charge in [-0.15, -0.1) is 0 Å². The molecule has 12 rings (SSSR count). The molecule has 0 amide bonds. The van der Waals surface area contributed by atoms with Gasteiger partial charge < -0.3 is 20.4 Å². The molecule has 0 spiro atoms. The molecular formula is C64H96O7. The monoisotopic (exact) mass is 977 g/mol. The predicted octanol–water partition coefficient (Wildman–Crippen LogP) is 12.5. The standard InChI is InChI=1S/C22H34O2.C21H32O3.C21H30O2/c1-13-9-10-21(3)15(11-13)5-6-16-18-8-7-17(14(2)23)22(18,4)12-19(24)20(16)21;1-12(22)16-6-7-17-15-5-4-13-10-14(23)8-9-20(13,2)19(15)18(24)11-21(16,17)3;1-13(22)16-9-10-17-15-8-7-14-6-4-5-11-20(14,2)19(15)18(23)12-21(16,17)3/h5,13,16-20,24H,6-12H2,1-4H3;4,14-19,23-24H,5-11H2,1-3H3;4,6-7,15-19,23H,5,8-12H2,1-3H3/t13-,16-,17+,18-,19-,20+,21-,22+;14-,15-,16+,17-,18-,19+,20-,21+;15-,16+,17-,18-,19+,20-,21+/m000/s1. The van der Waals surface area contributed by atoms with Crippen LogP contribution < -0.4 is 0 Å². The second-order valence-electron chi connectivity index (χ2n) is 28.7. The van der Waals surface area contributed by atoms with Crippen LogP contribution in [0.2, 0.25) is 0 Å². The molecule has 0 aromatic heterocycles. The number of hydrogen-bond donors (Lipinski definition) is 4. The van der Waals surface area contributed by atoms with Crippen molar-refractivity contribution < 1.29 is 34.8 Å². The van der Waals surface area contributed by atoms with Crippen LogP contribution >= 0.6 is 0 Å². The summed E-state index contributed by atoms with van der Waals surface area (Å²) < 4.78 is 0. The van der Waals surface area contributed by atoms with E-state index in [0.717, 1.165) is 102 Å². The molecule has 71 heavy (non-hydrogen) atoms. The van der Waals surface area contributed by atoms with Gasteiger partial charge in [-0.25, -0.2) is 0 Å². The first-order valence-electron chi connectivity index (χ1n) is 29.4. The number of aliphatic hydroxyl groups excluding tert-OH is 4. The average Bonchev–Trinajstić information content (AvgIpc) is 3.96. The minimum absolute atomic E-state index is 0.0125. The molecule has 8 saturated carbocycles. The molecule has 0 aromatic rings. The van der Waals surface area contributed by atoms with Gasteiger partial charge in [0.2, 0.25) is 0 Å². The number of carbonyl (C=O) groups excluding carboxylic acids is 3. The van der Waals surface area contributed by atoms with Crippen LogP contribution in [0.3, 0.4) is 0 Å². The van der Waals surface area contributed by atoms with Crippen molar-refractivity contribution in [2.75, 3.05) is 0 Å². The number of hydrogen-bond acceptors (Lipinski definition) is 7. The maximum Gasteiger partial charge on any atom is 0.133 e. The summed E-state index contributed by atoms with van der Waals surface area (Å²) in [6, 6.07) is 0. The second kappa shape index (κ2) is 18.5. The van der Waals surface area contributed by atoms with Crippen molar-refractivity contribution in [2.45, 2.75) is 222 Å². The molecule has 0 unspecified atom stereocenters. The van der Waals surface area contributed by atoms with E-state index in [4.69, 9.17) is 0 Å². The highest BCUT2D eigenvalue weighted by atomic mass is 16.3. The fourth-order valence-corrected chi connectivity index (χ4v) is 22.2. The molecule has 12 aliphatic rings. The van der Waals surface area contributed by atoms with E-state index in [-0.39, 0.29) is 74.7 Å². The minimum atomic E-state index is -0.319. The van der Waals surface area contributed by atoms with Crippen LogP contribution in [0, 0.1) is 109 Å². The van der Waals surface area contributed by atoms with Gasteiger partial charge in [0.05, 0.1) is 24.4 Å². The van der Waals surface area contributed by atoms with E-state index in [2.05, 4.69) is 78.8 Å². The van der Waals surface area contributed by atoms with Crippen molar-refractivity contribution in [3.05, 3.63) is 47.1 Å². The summed E-state index contributed by atoms with van der Waals surface area (Å²) in [4.78, 5) is 36.5. The molecule has 7 nitrogen and oxygen atoms in total. The predicted molar refractivity (Wildman–Crippen MR) is 281 cm³/mol. The van der Waals surface area contributed by atoms with Gasteiger partial charge in [0, 0.05) is 17.8 Å². The van der Waals surface area contributed by atoms with Crippen molar-refractivity contribution in [2.24, 2.45) is 109 Å². The molecule has 23 atom stereocenters. The quantitative estimate of drug-likeness (QED) is 0.207. The maximum atomic E-state index is 12.2. The van der Waals surface area contributed by atoms with E-state index in [9.17, 15) is 34.8 Å². The third-order valence-corrected chi connectivity index (χ3v) is 25.3. The van der Waals surface area contributed by atoms with E-state index < -0.39 is 0 Å². The Kier molecular flexibility index (Phi) is 13.6. The van der Waals surface area contributed by atoms with E-state index >= 15 is 0 Å². The van der Waals surface area contributed by atoms with Crippen LogP contribution in [0.5, 0.6) is 0 Å². The SMILES string of the molecule is CC(=O)[C@H]1CC[C@H]2[C@@H]3CC=C4C=CCC[C@]4(C)[C@H]3[C@@H](O)C[C@]12C.CC(=O)[C@H]1CC[C@H]2[C@@H]3CC=C4C[C@@H](C)CC[C@]4(C)[C@H]3[C@@H](O)C[C@]12C.CC(=O)[C@H]1CC[C@H]2[C@@H]3CC=C4C[C@@H](O)CC[C@]4(C)[C@H]3[C@@H](O)C[C@]12C. The van der Waals surface area contributed by atoms with Gasteiger partial charge in [-0.2, -0.15) is 0 Å². The average molecular weight is 977 g/mol. The first-order chi connectivity index (χ1) is 33.4. The molecular weight excluding hydrogens is 881 g/mol. The van der Waals surface area contributed by atoms with Gasteiger partial charge in [-0.1, -0.05) is 90.0 Å². The Morgan fingerprint density at radius 2 is 0.887 bits per heavy atom. The summed E-state index contributed by atoms with van der Waals surface area (Å²) in [6.45, 7) is 21.6. The summed E-state index contributed by atoms with van der Waals surface area (Å²) >= 11 is 0. The summed E-state index contributed by atoms with van der Waals surface area (Å²) in [5.74, 6) is 6.71. The summed E-state index contributed by atoms with van der Waals surface area (Å²) in [5, 5.41) is 43.7. The second-order valence-corrected chi connectivity index (χ2v) is 28.7. The van der Waals surface area contributed by atoms with Crippen molar-refractivity contribution >= 4 is 17.3 Å². The first-order valence-corrected chi connectivity index (χ1v) is 29.4. The first kappa shape index (κ1) is 52.3. The van der Waals surface area contributed by atoms with E-state index in [0.29, 0.717) is 70.6 Å². The van der Waals surface area contributed by atoms with Crippen LogP contribution in [0.25, 0.3) is 0 Å². The van der Waals surface area contributed by atoms with Gasteiger partial charge in [-0.05, 0) is 246 Å². The fourth-order valence-electron chi connectivity index (χ4n) is 22.2. The highest BCUT2D eigenvalue weighted by molar-refractivity contribution is 5.80. The molecule has 0 radical (unpaired) electrons. The lowest BCUT2D eigenvalue weighted by Gasteiger charge is -2.59. The molecule has 0 saturated heterocycles. The van der Waals surface area contributed by atoms with E-state index in [1.54, 1.807) is 26.3 Å². The molecule has 0 bridgehead atoms. The number of aliphatic hydroxyl groups is 4. The Morgan fingerprint density at radius 1 is 0.493 bits per heavy atom. The Morgan fingerprint density at radius 3 is 1.32 bits per heavy atom. The summed E-state index contributed by atoms with van der Waals surface area (Å²) in [6.07, 6.45) is 31.8. The van der Waals surface area contributed by atoms with Crippen LogP contribution in [0.1, 0.15) is 198 Å². The van der Waals surface area contributed by atoms with E-state index in [1.807, 2.05) is 0 Å². The van der Waals surface area contributed by atoms with E-state index in [1.165, 1.54) is 43.3 Å². The zero-order valence-corrected chi connectivity index (χ0v) is 45.9. The number of ketones is 3. The lowest BCUT2D eigenvalue weighted by molar-refractivity contribution is -0.141. The largest absolute Gasteiger partial charge is 0.393 e. The highest BCUT2D eigenvalue weighted by Gasteiger charge is 2.65. The Bertz CT molecular complexity index is 2140. The lowest BCUT2D eigenvalue weighted by atomic mass is 9.46. The topological polar surface area (TPSA) is 132 Å². The van der Waals surface area contributed by atoms with Crippen molar-refractivity contribution in [1.82, 2.24) is 0 Å². The van der Waals surface area contributed by atoms with Crippen LogP contribution in [0.15, 0.2) is 47.1 Å². The maximum absolute atomic E-state index is 12.2. The number of rotatable bonds is 3. The Labute approximate surface area is 429 Å². The molecule has 7 heteroatoms. The van der Waals surface area contributed by atoms with Crippen LogP contribution in [-0.2, 0) is 14.4 Å². The van der Waals surface area contributed by atoms with Crippen molar-refractivity contribution in [1.29, 1.82) is 0 Å². The molecule has 12 aliphatic carbocycles. The number of Topliss-reactive ketones (excluding diaryl/α,β-unsaturated/α-hetero) is 3. The summed E-state index contributed by atoms with van der Waals surface area (Å²) in [5.41, 5.74) is 4.84. The molecule has 4 N–H and O–H groups in total. The molecule has 0 heterocycles. The number of carbonyl (C=O) groups is 3. The Balaban J connectivity index is 0.000000123. The zero-order valence-electron chi connectivity index (χ0n) is 45.9. The summed E-state index contributed by atoms with van der Waals surface area (Å²) in [7, 11) is 0. The number of allylic oxidation sites excluding steroid dienone is 7.